The predicted molar refractivity (Wildman–Crippen MR) is 76.2 cm³/mol. The number of rotatable bonds is 7. The van der Waals surface area contributed by atoms with Crippen molar-refractivity contribution >= 4 is 28.3 Å². The van der Waals surface area contributed by atoms with E-state index in [4.69, 9.17) is 11.6 Å². The van der Waals surface area contributed by atoms with Gasteiger partial charge in [0.05, 0.1) is 0 Å². The summed E-state index contributed by atoms with van der Waals surface area (Å²) in [6, 6.07) is 0. The summed E-state index contributed by atoms with van der Waals surface area (Å²) in [6.07, 6.45) is 2.16. The van der Waals surface area contributed by atoms with Crippen LogP contribution in [0.25, 0.3) is 0 Å². The highest BCUT2D eigenvalue weighted by Gasteiger charge is 2.25. The fourth-order valence-corrected chi connectivity index (χ4v) is 2.72. The molecule has 0 bridgehead atoms. The summed E-state index contributed by atoms with van der Waals surface area (Å²) in [4.78, 5) is 4.47. The number of aromatic nitrogens is 2. The molecule has 0 aliphatic rings. The minimum Gasteiger partial charge on any atom is -0.360 e. The summed E-state index contributed by atoms with van der Waals surface area (Å²) in [5.41, 5.74) is 0.172. The first-order valence-electron chi connectivity index (χ1n) is 6.20. The molecule has 0 amide bonds. The SMILES string of the molecule is CCC(CC)(CCl)CNc1nc(C(C)C)ns1. The second kappa shape index (κ2) is 6.55. The molecule has 1 aromatic rings. The molecule has 0 fully saturated rings. The molecule has 1 rings (SSSR count). The number of nitrogens with zero attached hydrogens (tertiary/aromatic N) is 2. The van der Waals surface area contributed by atoms with Crippen molar-refractivity contribution in [2.75, 3.05) is 17.7 Å². The summed E-state index contributed by atoms with van der Waals surface area (Å²) in [5, 5.41) is 4.28. The van der Waals surface area contributed by atoms with Crippen molar-refractivity contribution in [3.63, 3.8) is 0 Å². The Hall–Kier alpha value is -0.350. The minimum atomic E-state index is 0.172. The van der Waals surface area contributed by atoms with Crippen LogP contribution in [0.15, 0.2) is 0 Å². The molecule has 3 nitrogen and oxygen atoms in total. The van der Waals surface area contributed by atoms with E-state index < -0.39 is 0 Å². The van der Waals surface area contributed by atoms with Crippen molar-refractivity contribution in [2.24, 2.45) is 5.41 Å². The quantitative estimate of drug-likeness (QED) is 0.761. The molecular weight excluding hydrogens is 254 g/mol. The Balaban J connectivity index is 2.59. The van der Waals surface area contributed by atoms with Crippen LogP contribution >= 0.6 is 23.1 Å². The van der Waals surface area contributed by atoms with E-state index >= 15 is 0 Å². The van der Waals surface area contributed by atoms with Gasteiger partial charge in [-0.3, -0.25) is 0 Å². The van der Waals surface area contributed by atoms with Gasteiger partial charge in [0.1, 0.15) is 5.82 Å². The Morgan fingerprint density at radius 1 is 1.35 bits per heavy atom. The lowest BCUT2D eigenvalue weighted by Gasteiger charge is -2.29. The van der Waals surface area contributed by atoms with E-state index in [1.54, 1.807) is 0 Å². The Morgan fingerprint density at radius 2 is 2.00 bits per heavy atom. The lowest BCUT2D eigenvalue weighted by Crippen LogP contribution is -2.30. The molecule has 17 heavy (non-hydrogen) atoms. The highest BCUT2D eigenvalue weighted by Crippen LogP contribution is 2.29. The van der Waals surface area contributed by atoms with E-state index in [0.29, 0.717) is 11.8 Å². The van der Waals surface area contributed by atoms with Crippen LogP contribution in [0.1, 0.15) is 52.3 Å². The molecule has 0 aliphatic heterocycles. The molecule has 0 saturated carbocycles. The van der Waals surface area contributed by atoms with Crippen LogP contribution in [0.2, 0.25) is 0 Å². The van der Waals surface area contributed by atoms with Crippen LogP contribution < -0.4 is 5.32 Å². The van der Waals surface area contributed by atoms with Crippen molar-refractivity contribution in [1.29, 1.82) is 0 Å². The van der Waals surface area contributed by atoms with Gasteiger partial charge in [0, 0.05) is 35.3 Å². The zero-order valence-corrected chi connectivity index (χ0v) is 12.7. The third-order valence-corrected chi connectivity index (χ3v) is 4.61. The van der Waals surface area contributed by atoms with Gasteiger partial charge in [0.15, 0.2) is 0 Å². The first-order valence-corrected chi connectivity index (χ1v) is 7.51. The summed E-state index contributed by atoms with van der Waals surface area (Å²) in [6.45, 7) is 9.45. The topological polar surface area (TPSA) is 37.8 Å². The maximum absolute atomic E-state index is 6.07. The van der Waals surface area contributed by atoms with Gasteiger partial charge < -0.3 is 5.32 Å². The maximum atomic E-state index is 6.07. The van der Waals surface area contributed by atoms with Crippen LogP contribution in [0.5, 0.6) is 0 Å². The van der Waals surface area contributed by atoms with E-state index in [1.807, 2.05) is 0 Å². The van der Waals surface area contributed by atoms with Gasteiger partial charge in [-0.2, -0.15) is 4.37 Å². The molecule has 98 valence electrons. The standard InChI is InChI=1S/C12H22ClN3S/c1-5-12(6-2,7-13)8-14-11-15-10(9(3)4)16-17-11/h9H,5-8H2,1-4H3,(H,14,15,16). The van der Waals surface area contributed by atoms with Crippen molar-refractivity contribution in [3.05, 3.63) is 5.82 Å². The van der Waals surface area contributed by atoms with E-state index in [2.05, 4.69) is 42.4 Å². The highest BCUT2D eigenvalue weighted by molar-refractivity contribution is 7.09. The number of anilines is 1. The molecule has 0 aliphatic carbocycles. The van der Waals surface area contributed by atoms with Crippen LogP contribution in [0.3, 0.4) is 0 Å². The van der Waals surface area contributed by atoms with Gasteiger partial charge in [-0.1, -0.05) is 27.7 Å². The smallest absolute Gasteiger partial charge is 0.202 e. The van der Waals surface area contributed by atoms with E-state index in [0.717, 1.165) is 30.3 Å². The molecule has 1 aromatic heterocycles. The Morgan fingerprint density at radius 3 is 2.41 bits per heavy atom. The zero-order chi connectivity index (χ0) is 12.9. The summed E-state index contributed by atoms with van der Waals surface area (Å²) in [7, 11) is 0. The number of hydrogen-bond donors (Lipinski definition) is 1. The molecule has 0 unspecified atom stereocenters. The zero-order valence-electron chi connectivity index (χ0n) is 11.1. The summed E-state index contributed by atoms with van der Waals surface area (Å²) < 4.78 is 4.33. The normalized spacial score (nSPS) is 12.1. The Bertz CT molecular complexity index is 326. The molecule has 1 N–H and O–H groups in total. The van der Waals surface area contributed by atoms with Gasteiger partial charge in [-0.05, 0) is 12.8 Å². The van der Waals surface area contributed by atoms with E-state index in [9.17, 15) is 0 Å². The van der Waals surface area contributed by atoms with Crippen LogP contribution in [-0.4, -0.2) is 21.8 Å². The number of halogens is 1. The van der Waals surface area contributed by atoms with Gasteiger partial charge >= 0.3 is 0 Å². The van der Waals surface area contributed by atoms with E-state index in [1.165, 1.54) is 11.5 Å². The van der Waals surface area contributed by atoms with E-state index in [-0.39, 0.29) is 5.41 Å². The second-order valence-electron chi connectivity index (χ2n) is 4.81. The van der Waals surface area contributed by atoms with Crippen LogP contribution in [0, 0.1) is 5.41 Å². The maximum Gasteiger partial charge on any atom is 0.202 e. The molecule has 0 radical (unpaired) electrons. The average Bonchev–Trinajstić information content (AvgIpc) is 2.81. The number of alkyl halides is 1. The molecule has 1 heterocycles. The van der Waals surface area contributed by atoms with Crippen molar-refractivity contribution in [1.82, 2.24) is 9.36 Å². The third kappa shape index (κ3) is 3.81. The Kier molecular flexibility index (Phi) is 5.67. The highest BCUT2D eigenvalue weighted by atomic mass is 35.5. The Labute approximate surface area is 113 Å². The molecule has 0 saturated heterocycles. The summed E-state index contributed by atoms with van der Waals surface area (Å²) in [5.74, 6) is 1.99. The first kappa shape index (κ1) is 14.7. The third-order valence-electron chi connectivity index (χ3n) is 3.36. The van der Waals surface area contributed by atoms with Gasteiger partial charge in [0.25, 0.3) is 0 Å². The van der Waals surface area contributed by atoms with Crippen molar-refractivity contribution in [2.45, 2.75) is 46.5 Å². The number of nitrogens with one attached hydrogen (secondary N) is 1. The fraction of sp³-hybridized carbons (Fsp3) is 0.833. The lowest BCUT2D eigenvalue weighted by atomic mass is 9.84. The van der Waals surface area contributed by atoms with Gasteiger partial charge in [0.2, 0.25) is 5.13 Å². The lowest BCUT2D eigenvalue weighted by molar-refractivity contribution is 0.327. The minimum absolute atomic E-state index is 0.172. The molecule has 0 aromatic carbocycles. The van der Waals surface area contributed by atoms with Crippen LogP contribution in [0.4, 0.5) is 5.13 Å². The van der Waals surface area contributed by atoms with Gasteiger partial charge in [-0.15, -0.1) is 11.6 Å². The molecule has 5 heteroatoms. The monoisotopic (exact) mass is 275 g/mol. The second-order valence-corrected chi connectivity index (χ2v) is 5.83. The number of hydrogen-bond acceptors (Lipinski definition) is 4. The largest absolute Gasteiger partial charge is 0.360 e. The molecular formula is C12H22ClN3S. The fourth-order valence-electron chi connectivity index (χ4n) is 1.54. The average molecular weight is 276 g/mol. The molecule has 0 atom stereocenters. The van der Waals surface area contributed by atoms with Gasteiger partial charge in [-0.25, -0.2) is 4.98 Å². The predicted octanol–water partition coefficient (Wildman–Crippen LogP) is 4.12. The summed E-state index contributed by atoms with van der Waals surface area (Å²) >= 11 is 7.51. The first-order chi connectivity index (χ1) is 8.06. The van der Waals surface area contributed by atoms with Crippen LogP contribution in [-0.2, 0) is 0 Å². The molecule has 0 spiro atoms. The van der Waals surface area contributed by atoms with Crippen molar-refractivity contribution < 1.29 is 0 Å². The van der Waals surface area contributed by atoms with Crippen molar-refractivity contribution in [3.8, 4) is 0 Å².